The number of hydrogen-bond donors (Lipinski definition) is 5. The number of alkyl carbamates (subject to hydrolysis) is 1. The van der Waals surface area contributed by atoms with Gasteiger partial charge in [0.15, 0.2) is 0 Å². The molecule has 0 radical (unpaired) electrons. The Kier molecular flexibility index (Phi) is 10.9. The Hall–Kier alpha value is -3.14. The van der Waals surface area contributed by atoms with Crippen LogP contribution < -0.4 is 10.6 Å². The molecule has 5 N–H and O–H groups in total. The van der Waals surface area contributed by atoms with Crippen LogP contribution in [0.3, 0.4) is 0 Å². The zero-order valence-corrected chi connectivity index (χ0v) is 16.6. The molecule has 0 heterocycles. The molecule has 10 heteroatoms. The van der Waals surface area contributed by atoms with Crippen LogP contribution in [0, 0.1) is 0 Å². The number of aliphatic hydroxyl groups is 1. The van der Waals surface area contributed by atoms with Gasteiger partial charge >= 0.3 is 18.0 Å². The SMILES string of the molecule is O=C(O)CCC(CCCO)(CCC(=O)O)NC(=O)CNC(=O)OCc1ccccc1. The zero-order valence-electron chi connectivity index (χ0n) is 16.6. The lowest BCUT2D eigenvalue weighted by molar-refractivity contribution is -0.138. The molecular formula is C20H28N2O8. The second kappa shape index (κ2) is 13.2. The van der Waals surface area contributed by atoms with E-state index in [4.69, 9.17) is 20.1 Å². The van der Waals surface area contributed by atoms with Crippen molar-refractivity contribution in [3.05, 3.63) is 35.9 Å². The summed E-state index contributed by atoms with van der Waals surface area (Å²) in [4.78, 5) is 46.1. The quantitative estimate of drug-likeness (QED) is 0.298. The van der Waals surface area contributed by atoms with Gasteiger partial charge in [0, 0.05) is 25.0 Å². The number of nitrogens with one attached hydrogen (secondary N) is 2. The van der Waals surface area contributed by atoms with Crippen molar-refractivity contribution >= 4 is 23.9 Å². The summed E-state index contributed by atoms with van der Waals surface area (Å²) in [6.45, 7) is -0.581. The van der Waals surface area contributed by atoms with Crippen LogP contribution in [0.4, 0.5) is 4.79 Å². The van der Waals surface area contributed by atoms with Gasteiger partial charge in [-0.1, -0.05) is 30.3 Å². The van der Waals surface area contributed by atoms with E-state index in [9.17, 15) is 19.2 Å². The number of benzene rings is 1. The highest BCUT2D eigenvalue weighted by Gasteiger charge is 2.32. The molecule has 1 aromatic rings. The fourth-order valence-electron chi connectivity index (χ4n) is 2.94. The summed E-state index contributed by atoms with van der Waals surface area (Å²) in [6, 6.07) is 8.97. The van der Waals surface area contributed by atoms with E-state index in [0.717, 1.165) is 5.56 Å². The summed E-state index contributed by atoms with van der Waals surface area (Å²) >= 11 is 0. The Labute approximate surface area is 174 Å². The Morgan fingerprint density at radius 2 is 1.53 bits per heavy atom. The minimum Gasteiger partial charge on any atom is -0.481 e. The van der Waals surface area contributed by atoms with Gasteiger partial charge < -0.3 is 30.7 Å². The van der Waals surface area contributed by atoms with Crippen LogP contribution in [0.1, 0.15) is 44.1 Å². The molecule has 0 unspecified atom stereocenters. The molecule has 10 nitrogen and oxygen atoms in total. The van der Waals surface area contributed by atoms with Crippen molar-refractivity contribution in [2.45, 2.75) is 50.7 Å². The van der Waals surface area contributed by atoms with E-state index >= 15 is 0 Å². The number of rotatable bonds is 14. The summed E-state index contributed by atoms with van der Waals surface area (Å²) < 4.78 is 5.01. The third-order valence-electron chi connectivity index (χ3n) is 4.46. The van der Waals surface area contributed by atoms with E-state index < -0.39 is 36.0 Å². The van der Waals surface area contributed by atoms with E-state index in [1.54, 1.807) is 24.3 Å². The second-order valence-electron chi connectivity index (χ2n) is 6.86. The summed E-state index contributed by atoms with van der Waals surface area (Å²) in [5, 5.41) is 32.1. The molecule has 0 bridgehead atoms. The summed E-state index contributed by atoms with van der Waals surface area (Å²) in [5.74, 6) is -2.79. The Bertz CT molecular complexity index is 690. The number of carbonyl (C=O) groups excluding carboxylic acids is 2. The van der Waals surface area contributed by atoms with Gasteiger partial charge in [0.2, 0.25) is 5.91 Å². The minimum absolute atomic E-state index is 0.000192. The first-order valence-electron chi connectivity index (χ1n) is 9.56. The van der Waals surface area contributed by atoms with Gasteiger partial charge in [-0.05, 0) is 31.2 Å². The number of carboxylic acids is 2. The van der Waals surface area contributed by atoms with Crippen LogP contribution in [0.5, 0.6) is 0 Å². The molecule has 0 saturated heterocycles. The third kappa shape index (κ3) is 10.4. The summed E-state index contributed by atoms with van der Waals surface area (Å²) in [5.41, 5.74) is -0.339. The van der Waals surface area contributed by atoms with Gasteiger partial charge in [-0.3, -0.25) is 14.4 Å². The van der Waals surface area contributed by atoms with E-state index in [1.165, 1.54) is 0 Å². The first-order valence-corrected chi connectivity index (χ1v) is 9.56. The zero-order chi connectivity index (χ0) is 22.4. The van der Waals surface area contributed by atoms with Crippen molar-refractivity contribution < 1.29 is 39.2 Å². The molecule has 1 rings (SSSR count). The third-order valence-corrected chi connectivity index (χ3v) is 4.46. The second-order valence-corrected chi connectivity index (χ2v) is 6.86. The maximum absolute atomic E-state index is 12.4. The molecule has 2 amide bonds. The molecule has 1 aromatic carbocycles. The normalized spacial score (nSPS) is 10.8. The highest BCUT2D eigenvalue weighted by Crippen LogP contribution is 2.26. The summed E-state index contributed by atoms with van der Waals surface area (Å²) in [6.07, 6.45) is -0.901. The molecule has 0 aliphatic carbocycles. The monoisotopic (exact) mass is 424 g/mol. The van der Waals surface area contributed by atoms with E-state index in [-0.39, 0.29) is 51.7 Å². The van der Waals surface area contributed by atoms with E-state index in [0.29, 0.717) is 0 Å². The number of hydrogen-bond acceptors (Lipinski definition) is 6. The number of carboxylic acid groups (broad SMARTS) is 2. The molecule has 0 aromatic heterocycles. The number of ether oxygens (including phenoxy) is 1. The van der Waals surface area contributed by atoms with Crippen molar-refractivity contribution in [3.8, 4) is 0 Å². The van der Waals surface area contributed by atoms with Crippen LogP contribution >= 0.6 is 0 Å². The maximum atomic E-state index is 12.4. The first-order chi connectivity index (χ1) is 14.3. The van der Waals surface area contributed by atoms with Crippen molar-refractivity contribution in [3.63, 3.8) is 0 Å². The number of aliphatic hydroxyl groups excluding tert-OH is 1. The molecule has 30 heavy (non-hydrogen) atoms. The highest BCUT2D eigenvalue weighted by molar-refractivity contribution is 5.83. The smallest absolute Gasteiger partial charge is 0.407 e. The maximum Gasteiger partial charge on any atom is 0.407 e. The fourth-order valence-corrected chi connectivity index (χ4v) is 2.94. The van der Waals surface area contributed by atoms with Crippen molar-refractivity contribution in [2.24, 2.45) is 0 Å². The van der Waals surface area contributed by atoms with Crippen LogP contribution in [0.2, 0.25) is 0 Å². The van der Waals surface area contributed by atoms with E-state index in [2.05, 4.69) is 10.6 Å². The predicted octanol–water partition coefficient (Wildman–Crippen LogP) is 1.27. The van der Waals surface area contributed by atoms with Gasteiger partial charge in [0.05, 0.1) is 0 Å². The predicted molar refractivity (Wildman–Crippen MR) is 106 cm³/mol. The lowest BCUT2D eigenvalue weighted by Gasteiger charge is -2.34. The Morgan fingerprint density at radius 3 is 2.07 bits per heavy atom. The Balaban J connectivity index is 2.65. The van der Waals surface area contributed by atoms with E-state index in [1.807, 2.05) is 6.07 Å². The molecule has 0 spiro atoms. The lowest BCUT2D eigenvalue weighted by atomic mass is 9.83. The molecule has 0 atom stereocenters. The van der Waals surface area contributed by atoms with Crippen LogP contribution in [-0.4, -0.2) is 57.9 Å². The van der Waals surface area contributed by atoms with Gasteiger partial charge in [-0.2, -0.15) is 0 Å². The number of aliphatic carboxylic acids is 2. The van der Waals surface area contributed by atoms with Crippen LogP contribution in [-0.2, 0) is 25.7 Å². The minimum atomic E-state index is -1.12. The lowest BCUT2D eigenvalue weighted by Crippen LogP contribution is -2.52. The molecule has 0 saturated carbocycles. The van der Waals surface area contributed by atoms with Gasteiger partial charge in [-0.15, -0.1) is 0 Å². The topological polar surface area (TPSA) is 162 Å². The number of carbonyl (C=O) groups is 4. The molecular weight excluding hydrogens is 396 g/mol. The molecule has 0 fully saturated rings. The molecule has 166 valence electrons. The standard InChI is InChI=1S/C20H28N2O8/c23-12-4-9-20(10-7-17(25)26,11-8-18(27)28)22-16(24)13-21-19(29)30-14-15-5-2-1-3-6-15/h1-3,5-6,23H,4,7-14H2,(H,21,29)(H,22,24)(H,25,26)(H,27,28). The molecule has 0 aliphatic rings. The Morgan fingerprint density at radius 1 is 0.933 bits per heavy atom. The highest BCUT2D eigenvalue weighted by atomic mass is 16.5. The average Bonchev–Trinajstić information content (AvgIpc) is 2.72. The fraction of sp³-hybridized carbons (Fsp3) is 0.500. The van der Waals surface area contributed by atoms with Gasteiger partial charge in [0.1, 0.15) is 13.2 Å². The molecule has 0 aliphatic heterocycles. The van der Waals surface area contributed by atoms with Crippen molar-refractivity contribution in [1.82, 2.24) is 10.6 Å². The van der Waals surface area contributed by atoms with Gasteiger partial charge in [0.25, 0.3) is 0 Å². The first kappa shape index (κ1) is 24.9. The van der Waals surface area contributed by atoms with Crippen molar-refractivity contribution in [2.75, 3.05) is 13.2 Å². The average molecular weight is 424 g/mol. The number of amides is 2. The van der Waals surface area contributed by atoms with Crippen LogP contribution in [0.15, 0.2) is 30.3 Å². The van der Waals surface area contributed by atoms with Crippen LogP contribution in [0.25, 0.3) is 0 Å². The summed E-state index contributed by atoms with van der Waals surface area (Å²) in [7, 11) is 0. The van der Waals surface area contributed by atoms with Gasteiger partial charge in [-0.25, -0.2) is 4.79 Å². The van der Waals surface area contributed by atoms with Crippen molar-refractivity contribution in [1.29, 1.82) is 0 Å². The largest absolute Gasteiger partial charge is 0.481 e.